The van der Waals surface area contributed by atoms with Crippen molar-refractivity contribution in [2.45, 2.75) is 20.0 Å². The van der Waals surface area contributed by atoms with Crippen molar-refractivity contribution in [2.75, 3.05) is 13.7 Å². The topological polar surface area (TPSA) is 148 Å². The van der Waals surface area contributed by atoms with Gasteiger partial charge >= 0.3 is 11.7 Å². The molecule has 0 fully saturated rings. The summed E-state index contributed by atoms with van der Waals surface area (Å²) in [5, 5.41) is 17.1. The van der Waals surface area contributed by atoms with E-state index in [0.717, 1.165) is 4.68 Å². The van der Waals surface area contributed by atoms with Crippen LogP contribution in [0.15, 0.2) is 81.0 Å². The number of nitro benzene ring substituents is 1. The van der Waals surface area contributed by atoms with Gasteiger partial charge in [0.1, 0.15) is 11.3 Å². The first-order valence-corrected chi connectivity index (χ1v) is 12.6. The van der Waals surface area contributed by atoms with Gasteiger partial charge in [-0.25, -0.2) is 9.78 Å². The normalized spacial score (nSPS) is 12.1. The van der Waals surface area contributed by atoms with Crippen LogP contribution in [-0.2, 0) is 9.53 Å². The van der Waals surface area contributed by atoms with Gasteiger partial charge in [-0.05, 0) is 56.3 Å². The maximum atomic E-state index is 13.5. The van der Waals surface area contributed by atoms with Crippen LogP contribution >= 0.6 is 0 Å². The van der Waals surface area contributed by atoms with Gasteiger partial charge in [-0.15, -0.1) is 0 Å². The van der Waals surface area contributed by atoms with Gasteiger partial charge in [0.25, 0.3) is 5.56 Å². The van der Waals surface area contributed by atoms with Gasteiger partial charge in [-0.2, -0.15) is 9.78 Å². The quantitative estimate of drug-likeness (QED) is 0.106. The first kappa shape index (κ1) is 27.1. The molecular formula is C29H24N4O8. The molecule has 0 aliphatic rings. The van der Waals surface area contributed by atoms with E-state index in [0.29, 0.717) is 33.2 Å². The van der Waals surface area contributed by atoms with Gasteiger partial charge in [0.05, 0.1) is 41.1 Å². The van der Waals surface area contributed by atoms with Crippen molar-refractivity contribution < 1.29 is 28.3 Å². The number of esters is 1. The van der Waals surface area contributed by atoms with Crippen molar-refractivity contribution in [2.24, 2.45) is 5.10 Å². The van der Waals surface area contributed by atoms with Crippen molar-refractivity contribution in [3.63, 3.8) is 0 Å². The number of benzene rings is 3. The molecule has 5 aromatic rings. The van der Waals surface area contributed by atoms with Crippen molar-refractivity contribution >= 4 is 39.7 Å². The molecule has 0 radical (unpaired) electrons. The Labute approximate surface area is 232 Å². The highest BCUT2D eigenvalue weighted by molar-refractivity contribution is 5.89. The molecule has 3 aromatic carbocycles. The van der Waals surface area contributed by atoms with Crippen LogP contribution in [0.4, 0.5) is 5.69 Å². The number of fused-ring (bicyclic) bond motifs is 2. The van der Waals surface area contributed by atoms with Gasteiger partial charge < -0.3 is 18.6 Å². The minimum atomic E-state index is -1.06. The van der Waals surface area contributed by atoms with Gasteiger partial charge in [0.15, 0.2) is 17.6 Å². The second-order valence-corrected chi connectivity index (χ2v) is 8.79. The van der Waals surface area contributed by atoms with E-state index in [9.17, 15) is 19.7 Å². The van der Waals surface area contributed by atoms with Crippen LogP contribution in [0.5, 0.6) is 11.5 Å². The lowest BCUT2D eigenvalue weighted by molar-refractivity contribution is -0.386. The van der Waals surface area contributed by atoms with Crippen LogP contribution in [0, 0.1) is 10.1 Å². The van der Waals surface area contributed by atoms with E-state index in [4.69, 9.17) is 18.6 Å². The number of ether oxygens (including phenoxy) is 3. The largest absolute Gasteiger partial charge is 0.496 e. The second kappa shape index (κ2) is 11.3. The molecule has 0 saturated carbocycles. The maximum absolute atomic E-state index is 13.5. The van der Waals surface area contributed by atoms with E-state index in [2.05, 4.69) is 10.1 Å². The smallest absolute Gasteiger partial charge is 0.347 e. The molecule has 41 heavy (non-hydrogen) atoms. The molecule has 12 heteroatoms. The zero-order valence-electron chi connectivity index (χ0n) is 22.3. The zero-order valence-corrected chi connectivity index (χ0v) is 22.3. The van der Waals surface area contributed by atoms with E-state index >= 15 is 0 Å². The van der Waals surface area contributed by atoms with Gasteiger partial charge in [-0.1, -0.05) is 18.2 Å². The Morgan fingerprint density at radius 1 is 1.12 bits per heavy atom. The van der Waals surface area contributed by atoms with Crippen LogP contribution in [0.3, 0.4) is 0 Å². The summed E-state index contributed by atoms with van der Waals surface area (Å²) in [6, 6.07) is 17.9. The Kier molecular flexibility index (Phi) is 7.46. The highest BCUT2D eigenvalue weighted by Gasteiger charge is 2.23. The standard InChI is InChI=1S/C29H24N4O8/c1-4-39-29(35)17(2)40-25-13-12-18(14-22(25)33(36)37)16-30-32-27(31-21-9-6-5-8-19(21)28(32)34)26-15-20-23(38-3)10-7-11-24(20)41-26/h5-17H,4H2,1-3H3/t17-/m0/s1. The molecule has 2 heterocycles. The van der Waals surface area contributed by atoms with Crippen molar-refractivity contribution in [1.29, 1.82) is 0 Å². The second-order valence-electron chi connectivity index (χ2n) is 8.79. The lowest BCUT2D eigenvalue weighted by Crippen LogP contribution is -2.26. The van der Waals surface area contributed by atoms with Crippen LogP contribution in [0.25, 0.3) is 33.5 Å². The third-order valence-corrected chi connectivity index (χ3v) is 6.14. The lowest BCUT2D eigenvalue weighted by atomic mass is 10.2. The summed E-state index contributed by atoms with van der Waals surface area (Å²) < 4.78 is 22.9. The summed E-state index contributed by atoms with van der Waals surface area (Å²) in [5.74, 6) is 0.219. The Balaban J connectivity index is 1.59. The van der Waals surface area contributed by atoms with Crippen molar-refractivity contribution in [3.05, 3.63) is 92.8 Å². The molecule has 5 rings (SSSR count). The van der Waals surface area contributed by atoms with Crippen LogP contribution in [0.1, 0.15) is 19.4 Å². The number of carbonyl (C=O) groups is 1. The molecule has 0 aliphatic carbocycles. The third-order valence-electron chi connectivity index (χ3n) is 6.14. The average molecular weight is 557 g/mol. The molecule has 2 aromatic heterocycles. The fourth-order valence-electron chi connectivity index (χ4n) is 4.19. The average Bonchev–Trinajstić information content (AvgIpc) is 3.41. The molecule has 0 amide bonds. The third kappa shape index (κ3) is 5.35. The van der Waals surface area contributed by atoms with Crippen molar-refractivity contribution in [3.8, 4) is 23.1 Å². The molecule has 0 N–H and O–H groups in total. The first-order valence-electron chi connectivity index (χ1n) is 12.6. The monoisotopic (exact) mass is 556 g/mol. The Morgan fingerprint density at radius 2 is 1.93 bits per heavy atom. The number of rotatable bonds is 9. The molecule has 0 bridgehead atoms. The number of nitro groups is 1. The fraction of sp³-hybridized carbons (Fsp3) is 0.172. The molecule has 0 saturated heterocycles. The lowest BCUT2D eigenvalue weighted by Gasteiger charge is -2.13. The highest BCUT2D eigenvalue weighted by atomic mass is 16.6. The van der Waals surface area contributed by atoms with E-state index < -0.39 is 28.2 Å². The molecule has 0 spiro atoms. The van der Waals surface area contributed by atoms with E-state index in [1.165, 1.54) is 31.3 Å². The molecule has 12 nitrogen and oxygen atoms in total. The van der Waals surface area contributed by atoms with Crippen LogP contribution in [0.2, 0.25) is 0 Å². The Hall–Kier alpha value is -5.52. The number of para-hydroxylation sites is 1. The van der Waals surface area contributed by atoms with Gasteiger partial charge in [0, 0.05) is 11.6 Å². The molecule has 0 unspecified atom stereocenters. The maximum Gasteiger partial charge on any atom is 0.347 e. The summed E-state index contributed by atoms with van der Waals surface area (Å²) in [6.07, 6.45) is 0.233. The SMILES string of the molecule is CCOC(=O)[C@H](C)Oc1ccc(C=Nn2c(-c3cc4c(OC)cccc4o3)nc3ccccc3c2=O)cc1[N+](=O)[O-]. The molecular weight excluding hydrogens is 532 g/mol. The zero-order chi connectivity index (χ0) is 29.1. The number of hydrogen-bond acceptors (Lipinski definition) is 10. The summed E-state index contributed by atoms with van der Waals surface area (Å²) in [5.41, 5.74) is 0.413. The number of hydrogen-bond donors (Lipinski definition) is 0. The molecule has 0 aliphatic heterocycles. The number of methoxy groups -OCH3 is 1. The van der Waals surface area contributed by atoms with Crippen LogP contribution < -0.4 is 15.0 Å². The Bertz CT molecular complexity index is 1870. The summed E-state index contributed by atoms with van der Waals surface area (Å²) in [6.45, 7) is 3.23. The van der Waals surface area contributed by atoms with E-state index in [1.54, 1.807) is 62.6 Å². The summed E-state index contributed by atoms with van der Waals surface area (Å²) >= 11 is 0. The predicted octanol–water partition coefficient (Wildman–Crippen LogP) is 4.94. The van der Waals surface area contributed by atoms with Gasteiger partial charge in [-0.3, -0.25) is 14.9 Å². The predicted molar refractivity (Wildman–Crippen MR) is 151 cm³/mol. The van der Waals surface area contributed by atoms with Crippen LogP contribution in [-0.4, -0.2) is 46.6 Å². The number of aromatic nitrogens is 2. The summed E-state index contributed by atoms with van der Waals surface area (Å²) in [7, 11) is 1.54. The number of carbonyl (C=O) groups excluding carboxylic acids is 1. The fourth-order valence-corrected chi connectivity index (χ4v) is 4.19. The van der Waals surface area contributed by atoms with Crippen molar-refractivity contribution in [1.82, 2.24) is 9.66 Å². The minimum absolute atomic E-state index is 0.117. The Morgan fingerprint density at radius 3 is 2.68 bits per heavy atom. The van der Waals surface area contributed by atoms with E-state index in [-0.39, 0.29) is 23.9 Å². The van der Waals surface area contributed by atoms with Gasteiger partial charge in [0.2, 0.25) is 5.82 Å². The number of furan rings is 1. The molecule has 208 valence electrons. The highest BCUT2D eigenvalue weighted by Crippen LogP contribution is 2.33. The summed E-state index contributed by atoms with van der Waals surface area (Å²) in [4.78, 5) is 41.2. The number of nitrogens with zero attached hydrogens (tertiary/aromatic N) is 4. The first-order chi connectivity index (χ1) is 19.8. The minimum Gasteiger partial charge on any atom is -0.496 e. The van der Waals surface area contributed by atoms with E-state index in [1.807, 2.05) is 0 Å². The molecule has 1 atom stereocenters.